The number of para-hydroxylation sites is 1. The van der Waals surface area contributed by atoms with Crippen LogP contribution in [0.1, 0.15) is 30.0 Å². The number of aromatic nitrogens is 1. The van der Waals surface area contributed by atoms with Crippen molar-refractivity contribution in [2.45, 2.75) is 19.9 Å². The van der Waals surface area contributed by atoms with E-state index in [1.54, 1.807) is 24.3 Å². The molecule has 1 heterocycles. The lowest BCUT2D eigenvalue weighted by Gasteiger charge is -2.23. The second-order valence-electron chi connectivity index (χ2n) is 9.97. The molecular formula is C30H35N5O4S. The molecule has 0 radical (unpaired) electrons. The first-order chi connectivity index (χ1) is 19.0. The Labute approximate surface area is 235 Å². The van der Waals surface area contributed by atoms with E-state index in [2.05, 4.69) is 10.3 Å². The maximum Gasteiger partial charge on any atom is 0.232 e. The molecular weight excluding hydrogens is 526 g/mol. The zero-order valence-corrected chi connectivity index (χ0v) is 24.0. The summed E-state index contributed by atoms with van der Waals surface area (Å²) in [6.45, 7) is 2.97. The Hall–Kier alpha value is -4.15. The van der Waals surface area contributed by atoms with Gasteiger partial charge in [-0.25, -0.2) is 13.4 Å². The van der Waals surface area contributed by atoms with Crippen LogP contribution in [0.15, 0.2) is 77.8 Å². The number of benzene rings is 3. The van der Waals surface area contributed by atoms with Crippen LogP contribution in [0.25, 0.3) is 10.9 Å². The van der Waals surface area contributed by atoms with Crippen molar-refractivity contribution in [3.8, 4) is 5.88 Å². The molecule has 0 aliphatic carbocycles. The number of nitrogens with zero attached hydrogens (tertiary/aromatic N) is 3. The molecule has 10 heteroatoms. The third-order valence-electron chi connectivity index (χ3n) is 6.42. The van der Waals surface area contributed by atoms with Gasteiger partial charge in [-0.2, -0.15) is 0 Å². The molecule has 4 rings (SSSR count). The monoisotopic (exact) mass is 561 g/mol. The zero-order chi connectivity index (χ0) is 28.9. The molecule has 9 nitrogen and oxygen atoms in total. The van der Waals surface area contributed by atoms with Crippen LogP contribution in [0.2, 0.25) is 0 Å². The van der Waals surface area contributed by atoms with E-state index < -0.39 is 10.0 Å². The van der Waals surface area contributed by atoms with Gasteiger partial charge in [0, 0.05) is 36.5 Å². The van der Waals surface area contributed by atoms with Crippen LogP contribution in [-0.4, -0.2) is 68.5 Å². The summed E-state index contributed by atoms with van der Waals surface area (Å²) < 4.78 is 26.8. The van der Waals surface area contributed by atoms with Gasteiger partial charge < -0.3 is 20.3 Å². The maximum atomic E-state index is 12.7. The lowest BCUT2D eigenvalue weighted by molar-refractivity contribution is -0.119. The Balaban J connectivity index is 1.80. The Bertz CT molecular complexity index is 1630. The summed E-state index contributed by atoms with van der Waals surface area (Å²) in [5.41, 5.74) is 4.57. The van der Waals surface area contributed by atoms with Crippen LogP contribution in [0.3, 0.4) is 0 Å². The van der Waals surface area contributed by atoms with Gasteiger partial charge in [-0.15, -0.1) is 0 Å². The molecule has 0 atom stereocenters. The number of sulfonamides is 1. The van der Waals surface area contributed by atoms with E-state index in [0.29, 0.717) is 42.2 Å². The van der Waals surface area contributed by atoms with Crippen molar-refractivity contribution in [1.29, 1.82) is 0 Å². The van der Waals surface area contributed by atoms with E-state index in [4.69, 9.17) is 4.99 Å². The second kappa shape index (κ2) is 12.4. The van der Waals surface area contributed by atoms with Gasteiger partial charge in [-0.3, -0.25) is 9.10 Å². The molecule has 0 unspecified atom stereocenters. The summed E-state index contributed by atoms with van der Waals surface area (Å²) in [5, 5.41) is 14.6. The highest BCUT2D eigenvalue weighted by Gasteiger charge is 2.20. The Morgan fingerprint density at radius 2 is 1.73 bits per heavy atom. The number of aliphatic imine (C=N–C) groups is 1. The predicted octanol–water partition coefficient (Wildman–Crippen LogP) is 4.40. The van der Waals surface area contributed by atoms with E-state index >= 15 is 0 Å². The van der Waals surface area contributed by atoms with Gasteiger partial charge in [-0.1, -0.05) is 48.5 Å². The number of amides is 1. The normalized spacial score (nSPS) is 12.2. The fourth-order valence-corrected chi connectivity index (χ4v) is 5.46. The van der Waals surface area contributed by atoms with E-state index in [0.717, 1.165) is 28.6 Å². The number of fused-ring (bicyclic) bond motifs is 1. The molecule has 0 saturated heterocycles. The number of aromatic hydroxyl groups is 1. The molecule has 0 aliphatic rings. The van der Waals surface area contributed by atoms with E-state index in [9.17, 15) is 18.3 Å². The van der Waals surface area contributed by atoms with Crippen LogP contribution in [-0.2, 0) is 21.4 Å². The molecule has 0 spiro atoms. The maximum absolute atomic E-state index is 12.7. The van der Waals surface area contributed by atoms with Crippen molar-refractivity contribution >= 4 is 43.9 Å². The van der Waals surface area contributed by atoms with E-state index in [-0.39, 0.29) is 11.8 Å². The summed E-state index contributed by atoms with van der Waals surface area (Å²) in [5.74, 6) is -0.125. The summed E-state index contributed by atoms with van der Waals surface area (Å²) in [6.07, 6.45) is 1.88. The zero-order valence-electron chi connectivity index (χ0n) is 23.2. The minimum Gasteiger partial charge on any atom is -0.494 e. The molecule has 4 aromatic rings. The van der Waals surface area contributed by atoms with Gasteiger partial charge in [-0.05, 0) is 56.9 Å². The molecule has 0 fully saturated rings. The molecule has 0 aliphatic heterocycles. The Morgan fingerprint density at radius 3 is 2.40 bits per heavy atom. The van der Waals surface area contributed by atoms with Gasteiger partial charge in [0.1, 0.15) is 0 Å². The molecule has 0 saturated carbocycles. The average molecular weight is 562 g/mol. The number of hydrogen-bond donors (Lipinski definition) is 3. The number of anilines is 1. The van der Waals surface area contributed by atoms with E-state index in [1.165, 1.54) is 17.5 Å². The van der Waals surface area contributed by atoms with Gasteiger partial charge in [0.15, 0.2) is 5.88 Å². The molecule has 3 aromatic carbocycles. The first kappa shape index (κ1) is 28.8. The fourth-order valence-electron chi connectivity index (χ4n) is 4.50. The number of nitrogens with one attached hydrogen (secondary N) is 2. The summed E-state index contributed by atoms with van der Waals surface area (Å²) >= 11 is 0. The predicted molar refractivity (Wildman–Crippen MR) is 161 cm³/mol. The molecule has 1 aromatic heterocycles. The summed E-state index contributed by atoms with van der Waals surface area (Å²) in [4.78, 5) is 21.3. The Kier molecular flexibility index (Phi) is 8.91. The van der Waals surface area contributed by atoms with Gasteiger partial charge in [0.05, 0.1) is 28.9 Å². The number of hydrogen-bond acceptors (Lipinski definition) is 6. The van der Waals surface area contributed by atoms with Crippen molar-refractivity contribution in [3.63, 3.8) is 0 Å². The quantitative estimate of drug-likeness (QED) is 0.235. The van der Waals surface area contributed by atoms with Crippen molar-refractivity contribution < 1.29 is 18.3 Å². The lowest BCUT2D eigenvalue weighted by Crippen LogP contribution is -2.32. The third-order valence-corrected chi connectivity index (χ3v) is 7.61. The minimum atomic E-state index is -3.52. The third kappa shape index (κ3) is 7.08. The minimum absolute atomic E-state index is 0.0140. The molecule has 210 valence electrons. The first-order valence-corrected chi connectivity index (χ1v) is 14.8. The number of carbonyl (C=O) groups excluding carboxylic acids is 1. The van der Waals surface area contributed by atoms with Gasteiger partial charge in [0.2, 0.25) is 15.9 Å². The smallest absolute Gasteiger partial charge is 0.232 e. The number of carbonyl (C=O) groups is 1. The topological polar surface area (TPSA) is 118 Å². The Morgan fingerprint density at radius 1 is 1.00 bits per heavy atom. The molecule has 40 heavy (non-hydrogen) atoms. The molecule has 1 amide bonds. The van der Waals surface area contributed by atoms with Crippen molar-refractivity contribution in [1.82, 2.24) is 15.2 Å². The second-order valence-corrected chi connectivity index (χ2v) is 11.9. The van der Waals surface area contributed by atoms with Crippen LogP contribution in [0, 0.1) is 0 Å². The number of aromatic amines is 1. The van der Waals surface area contributed by atoms with Crippen LogP contribution in [0.5, 0.6) is 5.88 Å². The number of rotatable bonds is 11. The molecule has 0 bridgehead atoms. The van der Waals surface area contributed by atoms with Crippen molar-refractivity contribution in [3.05, 3.63) is 89.5 Å². The van der Waals surface area contributed by atoms with Gasteiger partial charge in [0.25, 0.3) is 0 Å². The van der Waals surface area contributed by atoms with Crippen molar-refractivity contribution in [2.75, 3.05) is 37.7 Å². The number of H-pyrrole nitrogens is 1. The SMILES string of the molecule is CC(=O)NCc1ccc(C(=Nc2cccc(N(CCCN(C)C)S(C)(=O)=O)c2)c2c(O)[nH]c3ccccc23)cc1. The van der Waals surface area contributed by atoms with Crippen LogP contribution < -0.4 is 9.62 Å². The first-order valence-electron chi connectivity index (χ1n) is 13.0. The van der Waals surface area contributed by atoms with Crippen LogP contribution >= 0.6 is 0 Å². The fraction of sp³-hybridized carbons (Fsp3) is 0.267. The van der Waals surface area contributed by atoms with E-state index in [1.807, 2.05) is 67.5 Å². The lowest BCUT2D eigenvalue weighted by atomic mass is 9.99. The highest BCUT2D eigenvalue weighted by molar-refractivity contribution is 7.92. The largest absolute Gasteiger partial charge is 0.494 e. The summed E-state index contributed by atoms with van der Waals surface area (Å²) in [7, 11) is 0.388. The standard InChI is InChI=1S/C30H35N5O4S/c1-21(36)31-20-22-13-15-23(16-14-22)29(28-26-11-5-6-12-27(26)33-30(28)37)32-24-9-7-10-25(19-24)35(40(4,38)39)18-8-17-34(2)3/h5-7,9-16,19,33,37H,8,17-18,20H2,1-4H3,(H,31,36). The van der Waals surface area contributed by atoms with Crippen LogP contribution in [0.4, 0.5) is 11.4 Å². The molecule has 3 N–H and O–H groups in total. The highest BCUT2D eigenvalue weighted by atomic mass is 32.2. The van der Waals surface area contributed by atoms with Gasteiger partial charge >= 0.3 is 0 Å². The summed E-state index contributed by atoms with van der Waals surface area (Å²) in [6, 6.07) is 22.3. The van der Waals surface area contributed by atoms with Crippen molar-refractivity contribution in [2.24, 2.45) is 4.99 Å². The average Bonchev–Trinajstić information content (AvgIpc) is 3.23. The highest BCUT2D eigenvalue weighted by Crippen LogP contribution is 2.32.